The Labute approximate surface area is 133 Å². The van der Waals surface area contributed by atoms with Crippen molar-refractivity contribution in [1.29, 1.82) is 0 Å². The van der Waals surface area contributed by atoms with Crippen LogP contribution in [0, 0.1) is 7.14 Å². The number of amides is 1. The first-order valence-corrected chi connectivity index (χ1v) is 7.80. The van der Waals surface area contributed by atoms with Crippen LogP contribution in [0.3, 0.4) is 0 Å². The molecule has 0 aromatic heterocycles. The summed E-state index contributed by atoms with van der Waals surface area (Å²) in [5, 5.41) is 19.2. The van der Waals surface area contributed by atoms with Gasteiger partial charge in [-0.3, -0.25) is 4.79 Å². The first-order valence-electron chi connectivity index (χ1n) is 5.64. The van der Waals surface area contributed by atoms with E-state index >= 15 is 0 Å². The van der Waals surface area contributed by atoms with E-state index in [2.05, 4.69) is 22.6 Å². The second-order valence-electron chi connectivity index (χ2n) is 4.26. The Kier molecular flexibility index (Phi) is 4.70. The molecule has 1 aliphatic heterocycles. The van der Waals surface area contributed by atoms with E-state index < -0.39 is 0 Å². The Morgan fingerprint density at radius 2 is 2.17 bits per heavy atom. The van der Waals surface area contributed by atoms with E-state index in [1.165, 1.54) is 0 Å². The summed E-state index contributed by atoms with van der Waals surface area (Å²) < 4.78 is 1.58. The van der Waals surface area contributed by atoms with Crippen LogP contribution in [0.15, 0.2) is 12.1 Å². The number of carbonyl (C=O) groups is 1. The molecule has 6 heteroatoms. The van der Waals surface area contributed by atoms with Crippen molar-refractivity contribution < 1.29 is 15.0 Å². The van der Waals surface area contributed by atoms with E-state index in [4.69, 9.17) is 0 Å². The third-order valence-electron chi connectivity index (χ3n) is 3.11. The van der Waals surface area contributed by atoms with Gasteiger partial charge in [0.25, 0.3) is 5.91 Å². The standard InChI is InChI=1S/C12H13I2NO3/c13-7-4-9(11(17)10(14)5-7)12(18)15-3-1-2-8(15)6-16/h4-5,8,16-17H,1-3,6H2/t8-/m0/s1. The maximum absolute atomic E-state index is 12.4. The average Bonchev–Trinajstić information content (AvgIpc) is 2.81. The molecule has 1 fully saturated rings. The second kappa shape index (κ2) is 5.91. The minimum Gasteiger partial charge on any atom is -0.506 e. The number of aliphatic hydroxyl groups excluding tert-OH is 1. The zero-order chi connectivity index (χ0) is 13.3. The van der Waals surface area contributed by atoms with Crippen molar-refractivity contribution in [2.24, 2.45) is 0 Å². The number of phenolic OH excluding ortho intramolecular Hbond substituents is 1. The lowest BCUT2D eigenvalue weighted by Gasteiger charge is -2.23. The first-order chi connectivity index (χ1) is 8.54. The molecule has 0 spiro atoms. The number of likely N-dealkylation sites (tertiary alicyclic amines) is 1. The number of hydrogen-bond acceptors (Lipinski definition) is 3. The van der Waals surface area contributed by atoms with Crippen LogP contribution in [0.25, 0.3) is 0 Å². The van der Waals surface area contributed by atoms with Crippen LogP contribution in [0.4, 0.5) is 0 Å². The predicted octanol–water partition coefficient (Wildman–Crippen LogP) is 2.20. The second-order valence-corrected chi connectivity index (χ2v) is 6.67. The Hall–Kier alpha value is -0.0900. The van der Waals surface area contributed by atoms with E-state index in [0.717, 1.165) is 16.4 Å². The van der Waals surface area contributed by atoms with Crippen LogP contribution in [0.2, 0.25) is 0 Å². The van der Waals surface area contributed by atoms with Crippen molar-refractivity contribution in [2.45, 2.75) is 18.9 Å². The number of benzene rings is 1. The Morgan fingerprint density at radius 1 is 1.44 bits per heavy atom. The fourth-order valence-corrected chi connectivity index (χ4v) is 4.02. The summed E-state index contributed by atoms with van der Waals surface area (Å²) in [6, 6.07) is 3.39. The van der Waals surface area contributed by atoms with Crippen LogP contribution in [0.5, 0.6) is 5.75 Å². The van der Waals surface area contributed by atoms with Gasteiger partial charge in [0, 0.05) is 10.1 Å². The van der Waals surface area contributed by atoms with Crippen LogP contribution in [-0.2, 0) is 0 Å². The van der Waals surface area contributed by atoms with Crippen LogP contribution < -0.4 is 0 Å². The number of carbonyl (C=O) groups excluding carboxylic acids is 1. The molecule has 0 unspecified atom stereocenters. The van der Waals surface area contributed by atoms with Crippen molar-refractivity contribution in [3.8, 4) is 5.75 Å². The van der Waals surface area contributed by atoms with Gasteiger partial charge in [0.1, 0.15) is 5.75 Å². The highest BCUT2D eigenvalue weighted by Gasteiger charge is 2.30. The third kappa shape index (κ3) is 2.74. The normalized spacial score (nSPS) is 19.3. The highest BCUT2D eigenvalue weighted by molar-refractivity contribution is 14.1. The van der Waals surface area contributed by atoms with E-state index in [0.29, 0.717) is 15.7 Å². The molecule has 0 saturated carbocycles. The molecule has 2 N–H and O–H groups in total. The zero-order valence-corrected chi connectivity index (χ0v) is 13.9. The first kappa shape index (κ1) is 14.3. The van der Waals surface area contributed by atoms with Crippen molar-refractivity contribution in [2.75, 3.05) is 13.2 Å². The fraction of sp³-hybridized carbons (Fsp3) is 0.417. The number of halogens is 2. The average molecular weight is 473 g/mol. The Balaban J connectivity index is 2.34. The molecule has 18 heavy (non-hydrogen) atoms. The minimum atomic E-state index is -0.194. The van der Waals surface area contributed by atoms with Gasteiger partial charge in [-0.15, -0.1) is 0 Å². The molecule has 1 amide bonds. The topological polar surface area (TPSA) is 60.8 Å². The van der Waals surface area contributed by atoms with Crippen LogP contribution >= 0.6 is 45.2 Å². The number of nitrogens with zero attached hydrogens (tertiary/aromatic N) is 1. The van der Waals surface area contributed by atoms with Gasteiger partial charge in [0.05, 0.1) is 21.8 Å². The number of phenols is 1. The molecule has 1 aliphatic rings. The SMILES string of the molecule is O=C(c1cc(I)cc(I)c1O)N1CCC[C@H]1CO. The summed E-state index contributed by atoms with van der Waals surface area (Å²) in [4.78, 5) is 14.0. The summed E-state index contributed by atoms with van der Waals surface area (Å²) in [5.41, 5.74) is 0.326. The largest absolute Gasteiger partial charge is 0.506 e. The molecule has 1 aromatic rings. The number of hydrogen-bond donors (Lipinski definition) is 2. The Bertz CT molecular complexity index is 479. The van der Waals surface area contributed by atoms with Crippen molar-refractivity contribution >= 4 is 51.1 Å². The van der Waals surface area contributed by atoms with Gasteiger partial charge < -0.3 is 15.1 Å². The fourth-order valence-electron chi connectivity index (χ4n) is 2.18. The smallest absolute Gasteiger partial charge is 0.258 e. The number of aromatic hydroxyl groups is 1. The molecule has 0 aliphatic carbocycles. The van der Waals surface area contributed by atoms with E-state index in [9.17, 15) is 15.0 Å². The molecule has 1 heterocycles. The number of rotatable bonds is 2. The zero-order valence-electron chi connectivity index (χ0n) is 9.57. The van der Waals surface area contributed by atoms with E-state index in [1.54, 1.807) is 11.0 Å². The molecule has 1 aromatic carbocycles. The van der Waals surface area contributed by atoms with Gasteiger partial charge in [0.2, 0.25) is 0 Å². The lowest BCUT2D eigenvalue weighted by atomic mass is 10.1. The molecular formula is C12H13I2NO3. The molecule has 4 nitrogen and oxygen atoms in total. The van der Waals surface area contributed by atoms with Gasteiger partial charge in [-0.1, -0.05) is 0 Å². The number of aliphatic hydroxyl groups is 1. The van der Waals surface area contributed by atoms with Crippen molar-refractivity contribution in [3.05, 3.63) is 24.8 Å². The summed E-state index contributed by atoms with van der Waals surface area (Å²) in [6.07, 6.45) is 1.72. The molecule has 2 rings (SSSR count). The summed E-state index contributed by atoms with van der Waals surface area (Å²) >= 11 is 4.13. The van der Waals surface area contributed by atoms with Crippen molar-refractivity contribution in [3.63, 3.8) is 0 Å². The third-order valence-corrected chi connectivity index (χ3v) is 4.55. The van der Waals surface area contributed by atoms with Gasteiger partial charge >= 0.3 is 0 Å². The maximum atomic E-state index is 12.4. The van der Waals surface area contributed by atoms with Crippen LogP contribution in [0.1, 0.15) is 23.2 Å². The highest BCUT2D eigenvalue weighted by atomic mass is 127. The lowest BCUT2D eigenvalue weighted by molar-refractivity contribution is 0.0674. The monoisotopic (exact) mass is 473 g/mol. The molecule has 1 saturated heterocycles. The lowest BCUT2D eigenvalue weighted by Crippen LogP contribution is -2.37. The molecule has 98 valence electrons. The minimum absolute atomic E-state index is 0.0203. The summed E-state index contributed by atoms with van der Waals surface area (Å²) in [5.74, 6) is -0.162. The van der Waals surface area contributed by atoms with Gasteiger partial charge in [0.15, 0.2) is 0 Å². The van der Waals surface area contributed by atoms with Gasteiger partial charge in [-0.05, 0) is 70.2 Å². The molecule has 1 atom stereocenters. The quantitative estimate of drug-likeness (QED) is 0.649. The molecule has 0 radical (unpaired) electrons. The maximum Gasteiger partial charge on any atom is 0.258 e. The Morgan fingerprint density at radius 3 is 2.83 bits per heavy atom. The summed E-state index contributed by atoms with van der Waals surface area (Å²) in [6.45, 7) is 0.624. The van der Waals surface area contributed by atoms with Gasteiger partial charge in [-0.25, -0.2) is 0 Å². The van der Waals surface area contributed by atoms with E-state index in [-0.39, 0.29) is 24.3 Å². The highest BCUT2D eigenvalue weighted by Crippen LogP contribution is 2.30. The van der Waals surface area contributed by atoms with Crippen LogP contribution in [-0.4, -0.2) is 40.2 Å². The van der Waals surface area contributed by atoms with Crippen molar-refractivity contribution in [1.82, 2.24) is 4.90 Å². The van der Waals surface area contributed by atoms with Gasteiger partial charge in [-0.2, -0.15) is 0 Å². The predicted molar refractivity (Wildman–Crippen MR) is 84.7 cm³/mol. The molecule has 0 bridgehead atoms. The summed E-state index contributed by atoms with van der Waals surface area (Å²) in [7, 11) is 0. The van der Waals surface area contributed by atoms with E-state index in [1.807, 2.05) is 28.7 Å². The molecular weight excluding hydrogens is 460 g/mol.